The molecule has 1 rings (SSSR count). The highest BCUT2D eigenvalue weighted by Gasteiger charge is 2.23. The second-order valence-electron chi connectivity index (χ2n) is 3.10. The second-order valence-corrected chi connectivity index (χ2v) is 3.10. The fourth-order valence-corrected chi connectivity index (χ4v) is 1.50. The minimum absolute atomic E-state index is 0.185. The van der Waals surface area contributed by atoms with Gasteiger partial charge in [-0.2, -0.15) is 0 Å². The summed E-state index contributed by atoms with van der Waals surface area (Å²) in [4.78, 5) is 11.6. The molecule has 0 saturated heterocycles. The summed E-state index contributed by atoms with van der Waals surface area (Å²) in [6.45, 7) is 0. The van der Waals surface area contributed by atoms with Crippen LogP contribution >= 0.6 is 0 Å². The highest BCUT2D eigenvalue weighted by atomic mass is 16.5. The Kier molecular flexibility index (Phi) is 4.03. The van der Waals surface area contributed by atoms with Crippen LogP contribution in [0.5, 0.6) is 17.2 Å². The van der Waals surface area contributed by atoms with Gasteiger partial charge in [-0.15, -0.1) is 0 Å². The van der Waals surface area contributed by atoms with Crippen LogP contribution in [-0.2, 0) is 4.74 Å². The summed E-state index contributed by atoms with van der Waals surface area (Å²) in [5, 5.41) is 0. The molecule has 0 unspecified atom stereocenters. The standard InChI is InChI=1S/C11H15NO5/c1-14-8-6(11(13)17-4)5-7(12)9(15-2)10(8)16-3/h5H,12H2,1-4H3. The molecule has 1 aromatic rings. The Morgan fingerprint density at radius 2 is 1.53 bits per heavy atom. The Balaban J connectivity index is 3.53. The summed E-state index contributed by atoms with van der Waals surface area (Å²) in [6, 6.07) is 1.42. The first-order valence-electron chi connectivity index (χ1n) is 4.77. The summed E-state index contributed by atoms with van der Waals surface area (Å²) in [7, 11) is 5.57. The largest absolute Gasteiger partial charge is 0.492 e. The van der Waals surface area contributed by atoms with Gasteiger partial charge in [0, 0.05) is 0 Å². The third-order valence-electron chi connectivity index (χ3n) is 2.24. The fraction of sp³-hybridized carbons (Fsp3) is 0.364. The average molecular weight is 241 g/mol. The monoisotopic (exact) mass is 241 g/mol. The van der Waals surface area contributed by atoms with Crippen molar-refractivity contribution < 1.29 is 23.7 Å². The molecule has 6 nitrogen and oxygen atoms in total. The van der Waals surface area contributed by atoms with E-state index in [1.165, 1.54) is 34.5 Å². The molecule has 0 aromatic heterocycles. The zero-order valence-electron chi connectivity index (χ0n) is 10.2. The minimum atomic E-state index is -0.561. The fourth-order valence-electron chi connectivity index (χ4n) is 1.50. The van der Waals surface area contributed by atoms with E-state index in [1.54, 1.807) is 0 Å². The van der Waals surface area contributed by atoms with Gasteiger partial charge in [-0.3, -0.25) is 0 Å². The predicted molar refractivity (Wildman–Crippen MR) is 61.8 cm³/mol. The molecule has 0 aliphatic carbocycles. The quantitative estimate of drug-likeness (QED) is 0.627. The van der Waals surface area contributed by atoms with Crippen LogP contribution in [0.15, 0.2) is 6.07 Å². The van der Waals surface area contributed by atoms with Crippen molar-refractivity contribution in [3.63, 3.8) is 0 Å². The maximum absolute atomic E-state index is 11.6. The van der Waals surface area contributed by atoms with Gasteiger partial charge in [-0.25, -0.2) is 4.79 Å². The first-order chi connectivity index (χ1) is 8.10. The van der Waals surface area contributed by atoms with Crippen molar-refractivity contribution in [3.05, 3.63) is 11.6 Å². The predicted octanol–water partition coefficient (Wildman–Crippen LogP) is 1.08. The Bertz CT molecular complexity index is 430. The normalized spacial score (nSPS) is 9.65. The second kappa shape index (κ2) is 5.29. The van der Waals surface area contributed by atoms with Gasteiger partial charge in [0.25, 0.3) is 0 Å². The lowest BCUT2D eigenvalue weighted by molar-refractivity contribution is 0.0596. The third-order valence-corrected chi connectivity index (χ3v) is 2.24. The summed E-state index contributed by atoms with van der Waals surface area (Å²) < 4.78 is 20.0. The third kappa shape index (κ3) is 2.20. The number of carbonyl (C=O) groups excluding carboxylic acids is 1. The lowest BCUT2D eigenvalue weighted by Crippen LogP contribution is -2.08. The zero-order chi connectivity index (χ0) is 13.0. The number of benzene rings is 1. The number of nitrogen functional groups attached to an aromatic ring is 1. The molecule has 2 N–H and O–H groups in total. The maximum Gasteiger partial charge on any atom is 0.341 e. The number of anilines is 1. The van der Waals surface area contributed by atoms with E-state index in [9.17, 15) is 4.79 Å². The van der Waals surface area contributed by atoms with Crippen LogP contribution in [0, 0.1) is 0 Å². The van der Waals surface area contributed by atoms with Gasteiger partial charge in [0.05, 0.1) is 34.1 Å². The summed E-state index contributed by atoms with van der Waals surface area (Å²) in [5.41, 5.74) is 6.21. The number of hydrogen-bond acceptors (Lipinski definition) is 6. The number of methoxy groups -OCH3 is 4. The van der Waals surface area contributed by atoms with Gasteiger partial charge in [-0.1, -0.05) is 0 Å². The Hall–Kier alpha value is -2.11. The van der Waals surface area contributed by atoms with Crippen LogP contribution in [0.25, 0.3) is 0 Å². The van der Waals surface area contributed by atoms with E-state index in [1.807, 2.05) is 0 Å². The molecule has 1 aromatic carbocycles. The number of nitrogens with two attached hydrogens (primary N) is 1. The van der Waals surface area contributed by atoms with Crippen LogP contribution in [0.3, 0.4) is 0 Å². The van der Waals surface area contributed by atoms with Crippen LogP contribution in [0.2, 0.25) is 0 Å². The summed E-state index contributed by atoms with van der Waals surface area (Å²) >= 11 is 0. The molecule has 0 aliphatic rings. The van der Waals surface area contributed by atoms with Crippen molar-refractivity contribution in [2.75, 3.05) is 34.2 Å². The number of hydrogen-bond donors (Lipinski definition) is 1. The van der Waals surface area contributed by atoms with Gasteiger partial charge >= 0.3 is 5.97 Å². The van der Waals surface area contributed by atoms with Crippen LogP contribution < -0.4 is 19.9 Å². The van der Waals surface area contributed by atoms with E-state index < -0.39 is 5.97 Å². The van der Waals surface area contributed by atoms with Gasteiger partial charge in [-0.05, 0) is 6.07 Å². The molecule has 0 fully saturated rings. The molecule has 17 heavy (non-hydrogen) atoms. The van der Waals surface area contributed by atoms with Gasteiger partial charge in [0.15, 0.2) is 11.5 Å². The minimum Gasteiger partial charge on any atom is -0.492 e. The van der Waals surface area contributed by atoms with E-state index in [-0.39, 0.29) is 22.7 Å². The molecule has 94 valence electrons. The Labute approximate surface area is 99.2 Å². The number of rotatable bonds is 4. The number of carbonyl (C=O) groups is 1. The van der Waals surface area contributed by atoms with Crippen molar-refractivity contribution in [2.45, 2.75) is 0 Å². The first kappa shape index (κ1) is 13.0. The summed E-state index contributed by atoms with van der Waals surface area (Å²) in [6.07, 6.45) is 0. The van der Waals surface area contributed by atoms with Gasteiger partial charge < -0.3 is 24.7 Å². The SMILES string of the molecule is COC(=O)c1cc(N)c(OC)c(OC)c1OC. The topological polar surface area (TPSA) is 80.0 Å². The first-order valence-corrected chi connectivity index (χ1v) is 4.77. The molecular weight excluding hydrogens is 226 g/mol. The van der Waals surface area contributed by atoms with Crippen molar-refractivity contribution in [1.82, 2.24) is 0 Å². The van der Waals surface area contributed by atoms with Crippen molar-refractivity contribution in [2.24, 2.45) is 0 Å². The molecule has 0 bridgehead atoms. The smallest absolute Gasteiger partial charge is 0.341 e. The maximum atomic E-state index is 11.6. The lowest BCUT2D eigenvalue weighted by Gasteiger charge is -2.16. The van der Waals surface area contributed by atoms with E-state index >= 15 is 0 Å². The van der Waals surface area contributed by atoms with Crippen LogP contribution in [0.1, 0.15) is 10.4 Å². The molecule has 0 saturated carbocycles. The molecule has 0 amide bonds. The van der Waals surface area contributed by atoms with Crippen molar-refractivity contribution in [1.29, 1.82) is 0 Å². The Morgan fingerprint density at radius 3 is 1.94 bits per heavy atom. The number of ether oxygens (including phenoxy) is 4. The van der Waals surface area contributed by atoms with E-state index in [4.69, 9.17) is 19.9 Å². The Morgan fingerprint density at radius 1 is 1.00 bits per heavy atom. The van der Waals surface area contributed by atoms with Crippen LogP contribution in [0.4, 0.5) is 5.69 Å². The molecule has 6 heteroatoms. The van der Waals surface area contributed by atoms with E-state index in [0.29, 0.717) is 5.75 Å². The molecule has 0 aliphatic heterocycles. The van der Waals surface area contributed by atoms with Crippen molar-refractivity contribution >= 4 is 11.7 Å². The number of esters is 1. The molecule has 0 atom stereocenters. The highest BCUT2D eigenvalue weighted by Crippen LogP contribution is 2.44. The lowest BCUT2D eigenvalue weighted by atomic mass is 10.1. The molecule has 0 heterocycles. The van der Waals surface area contributed by atoms with Gasteiger partial charge in [0.2, 0.25) is 5.75 Å². The molecule has 0 spiro atoms. The zero-order valence-corrected chi connectivity index (χ0v) is 10.2. The van der Waals surface area contributed by atoms with E-state index in [0.717, 1.165) is 0 Å². The van der Waals surface area contributed by atoms with E-state index in [2.05, 4.69) is 4.74 Å². The van der Waals surface area contributed by atoms with Crippen molar-refractivity contribution in [3.8, 4) is 17.2 Å². The highest BCUT2D eigenvalue weighted by molar-refractivity contribution is 5.96. The summed E-state index contributed by atoms with van der Waals surface area (Å²) in [5.74, 6) is 0.243. The van der Waals surface area contributed by atoms with Gasteiger partial charge in [0.1, 0.15) is 5.56 Å². The molecule has 0 radical (unpaired) electrons. The van der Waals surface area contributed by atoms with Crippen LogP contribution in [-0.4, -0.2) is 34.4 Å². The average Bonchev–Trinajstić information content (AvgIpc) is 2.36. The molecular formula is C11H15NO5.